The Hall–Kier alpha value is 0.822. The summed E-state index contributed by atoms with van der Waals surface area (Å²) in [6, 6.07) is 0. The SMILES string of the molecule is CCCC(Cl)CC.[AlH3]. The third-order valence-corrected chi connectivity index (χ3v) is 1.57. The average molecular weight is 151 g/mol. The highest BCUT2D eigenvalue weighted by Crippen LogP contribution is 2.07. The zero-order chi connectivity index (χ0) is 5.70. The zero-order valence-electron chi connectivity index (χ0n) is 5.08. The molecule has 0 radical (unpaired) electrons. The van der Waals surface area contributed by atoms with Gasteiger partial charge in [0, 0.05) is 5.38 Å². The van der Waals surface area contributed by atoms with Crippen LogP contribution < -0.4 is 0 Å². The molecule has 0 heterocycles. The molecule has 0 aromatic heterocycles. The van der Waals surface area contributed by atoms with Crippen molar-refractivity contribution in [2.24, 2.45) is 0 Å². The number of hydrogen-bond acceptors (Lipinski definition) is 0. The summed E-state index contributed by atoms with van der Waals surface area (Å²) in [5.74, 6) is 0. The Bertz CT molecular complexity index is 39.5. The Balaban J connectivity index is 0. The molecule has 0 aliphatic heterocycles. The van der Waals surface area contributed by atoms with E-state index in [2.05, 4.69) is 13.8 Å². The molecule has 0 bridgehead atoms. The van der Waals surface area contributed by atoms with Gasteiger partial charge < -0.3 is 0 Å². The molecule has 1 atom stereocenters. The van der Waals surface area contributed by atoms with E-state index in [0.29, 0.717) is 5.38 Å². The van der Waals surface area contributed by atoms with E-state index in [1.54, 1.807) is 0 Å². The second-order valence-electron chi connectivity index (χ2n) is 1.79. The fraction of sp³-hybridized carbons (Fsp3) is 1.00. The topological polar surface area (TPSA) is 0 Å². The number of alkyl halides is 1. The van der Waals surface area contributed by atoms with Gasteiger partial charge in [-0.05, 0) is 12.8 Å². The molecular formula is C6H16AlCl. The highest BCUT2D eigenvalue weighted by Gasteiger charge is 1.95. The zero-order valence-corrected chi connectivity index (χ0v) is 5.83. The Morgan fingerprint density at radius 2 is 1.88 bits per heavy atom. The summed E-state index contributed by atoms with van der Waals surface area (Å²) in [4.78, 5) is 0. The van der Waals surface area contributed by atoms with Gasteiger partial charge >= 0.3 is 0 Å². The van der Waals surface area contributed by atoms with Crippen LogP contribution in [0.15, 0.2) is 0 Å². The molecule has 0 aromatic carbocycles. The smallest absolute Gasteiger partial charge is 0.123 e. The molecule has 0 aromatic rings. The van der Waals surface area contributed by atoms with Crippen LogP contribution in [0.1, 0.15) is 33.1 Å². The Morgan fingerprint density at radius 3 is 2.00 bits per heavy atom. The first-order valence-corrected chi connectivity index (χ1v) is 3.39. The summed E-state index contributed by atoms with van der Waals surface area (Å²) in [5.41, 5.74) is 0. The second kappa shape index (κ2) is 7.82. The number of halogens is 1. The van der Waals surface area contributed by atoms with Crippen LogP contribution in [-0.2, 0) is 0 Å². The predicted octanol–water partition coefficient (Wildman–Crippen LogP) is 1.62. The summed E-state index contributed by atoms with van der Waals surface area (Å²) in [6.45, 7) is 4.28. The molecule has 0 saturated carbocycles. The van der Waals surface area contributed by atoms with Gasteiger partial charge in [-0.3, -0.25) is 0 Å². The third kappa shape index (κ3) is 6.82. The van der Waals surface area contributed by atoms with Crippen LogP contribution in [-0.4, -0.2) is 22.7 Å². The monoisotopic (exact) mass is 150 g/mol. The lowest BCUT2D eigenvalue weighted by Crippen LogP contribution is -1.92. The van der Waals surface area contributed by atoms with Gasteiger partial charge in [0.1, 0.15) is 0 Å². The molecule has 0 aliphatic carbocycles. The first-order valence-electron chi connectivity index (χ1n) is 2.95. The highest BCUT2D eigenvalue weighted by atomic mass is 35.5. The van der Waals surface area contributed by atoms with E-state index in [0.717, 1.165) is 12.8 Å². The minimum atomic E-state index is 0. The van der Waals surface area contributed by atoms with Gasteiger partial charge in [-0.15, -0.1) is 11.6 Å². The minimum absolute atomic E-state index is 0. The largest absolute Gasteiger partial charge is 0.187 e. The van der Waals surface area contributed by atoms with Gasteiger partial charge in [-0.2, -0.15) is 0 Å². The van der Waals surface area contributed by atoms with E-state index < -0.39 is 0 Å². The van der Waals surface area contributed by atoms with E-state index in [9.17, 15) is 0 Å². The average Bonchev–Trinajstić information content (AvgIpc) is 1.68. The fourth-order valence-electron chi connectivity index (χ4n) is 0.517. The van der Waals surface area contributed by atoms with Crippen molar-refractivity contribution in [3.8, 4) is 0 Å². The van der Waals surface area contributed by atoms with Gasteiger partial charge in [0.25, 0.3) is 0 Å². The van der Waals surface area contributed by atoms with Crippen molar-refractivity contribution in [2.45, 2.75) is 38.5 Å². The third-order valence-electron chi connectivity index (χ3n) is 1.04. The van der Waals surface area contributed by atoms with Crippen LogP contribution in [0.3, 0.4) is 0 Å². The van der Waals surface area contributed by atoms with Gasteiger partial charge in [-0.25, -0.2) is 0 Å². The maximum absolute atomic E-state index is 5.77. The quantitative estimate of drug-likeness (QED) is 0.424. The van der Waals surface area contributed by atoms with Crippen LogP contribution in [0.5, 0.6) is 0 Å². The van der Waals surface area contributed by atoms with E-state index in [1.807, 2.05) is 0 Å². The molecular weight excluding hydrogens is 135 g/mol. The van der Waals surface area contributed by atoms with Crippen LogP contribution >= 0.6 is 11.6 Å². The maximum atomic E-state index is 5.77. The van der Waals surface area contributed by atoms with Crippen molar-refractivity contribution in [2.75, 3.05) is 0 Å². The lowest BCUT2D eigenvalue weighted by molar-refractivity contribution is 0.711. The molecule has 1 unspecified atom stereocenters. The molecule has 0 fully saturated rings. The first kappa shape index (κ1) is 11.6. The normalized spacial score (nSPS) is 12.4. The molecule has 0 rings (SSSR count). The lowest BCUT2D eigenvalue weighted by Gasteiger charge is -1.99. The van der Waals surface area contributed by atoms with Gasteiger partial charge in [0.05, 0.1) is 0 Å². The van der Waals surface area contributed by atoms with Crippen molar-refractivity contribution in [1.82, 2.24) is 0 Å². The minimum Gasteiger partial charge on any atom is -0.123 e. The summed E-state index contributed by atoms with van der Waals surface area (Å²) < 4.78 is 0. The summed E-state index contributed by atoms with van der Waals surface area (Å²) >= 11 is 5.77. The Morgan fingerprint density at radius 1 is 1.38 bits per heavy atom. The van der Waals surface area contributed by atoms with Crippen molar-refractivity contribution in [1.29, 1.82) is 0 Å². The fourth-order valence-corrected chi connectivity index (χ4v) is 0.736. The molecule has 0 aliphatic rings. The van der Waals surface area contributed by atoms with Crippen LogP contribution in [0.25, 0.3) is 0 Å². The number of hydrogen-bond donors (Lipinski definition) is 0. The summed E-state index contributed by atoms with van der Waals surface area (Å²) in [5, 5.41) is 0.421. The molecule has 8 heavy (non-hydrogen) atoms. The molecule has 0 nitrogen and oxygen atoms in total. The van der Waals surface area contributed by atoms with Crippen LogP contribution in [0.4, 0.5) is 0 Å². The van der Waals surface area contributed by atoms with Gasteiger partial charge in [-0.1, -0.05) is 20.3 Å². The lowest BCUT2D eigenvalue weighted by atomic mass is 10.2. The second-order valence-corrected chi connectivity index (χ2v) is 2.41. The molecule has 50 valence electrons. The Kier molecular flexibility index (Phi) is 11.3. The van der Waals surface area contributed by atoms with Gasteiger partial charge in [0.2, 0.25) is 0 Å². The molecule has 0 saturated heterocycles. The summed E-state index contributed by atoms with van der Waals surface area (Å²) in [7, 11) is 0. The molecule has 0 amide bonds. The highest BCUT2D eigenvalue weighted by molar-refractivity contribution is 6.20. The van der Waals surface area contributed by atoms with Crippen molar-refractivity contribution < 1.29 is 0 Å². The van der Waals surface area contributed by atoms with E-state index >= 15 is 0 Å². The van der Waals surface area contributed by atoms with E-state index in [4.69, 9.17) is 11.6 Å². The predicted molar refractivity (Wildman–Crippen MR) is 44.8 cm³/mol. The van der Waals surface area contributed by atoms with Crippen molar-refractivity contribution in [3.63, 3.8) is 0 Å². The maximum Gasteiger partial charge on any atom is 0.187 e. The van der Waals surface area contributed by atoms with Gasteiger partial charge in [0.15, 0.2) is 17.4 Å². The van der Waals surface area contributed by atoms with E-state index in [-0.39, 0.29) is 17.4 Å². The first-order chi connectivity index (χ1) is 3.31. The molecule has 0 N–H and O–H groups in total. The van der Waals surface area contributed by atoms with Crippen LogP contribution in [0.2, 0.25) is 0 Å². The van der Waals surface area contributed by atoms with Crippen molar-refractivity contribution in [3.05, 3.63) is 0 Å². The number of rotatable bonds is 3. The summed E-state index contributed by atoms with van der Waals surface area (Å²) in [6.07, 6.45) is 3.48. The Labute approximate surface area is 67.7 Å². The molecule has 0 spiro atoms. The van der Waals surface area contributed by atoms with Crippen molar-refractivity contribution >= 4 is 29.0 Å². The van der Waals surface area contributed by atoms with E-state index in [1.165, 1.54) is 6.42 Å². The standard InChI is InChI=1S/C6H13Cl.Al.3H/c1-3-5-6(7)4-2;;;;/h6H,3-5H2,1-2H3;;;;. The van der Waals surface area contributed by atoms with Crippen LogP contribution in [0, 0.1) is 0 Å². The molecule has 2 heteroatoms.